The molecule has 0 N–H and O–H groups in total. The summed E-state index contributed by atoms with van der Waals surface area (Å²) in [6.45, 7) is 7.51. The van der Waals surface area contributed by atoms with Crippen molar-refractivity contribution in [2.75, 3.05) is 44.3 Å². The molecular weight excluding hydrogens is 406 g/mol. The summed E-state index contributed by atoms with van der Waals surface area (Å²) in [6.07, 6.45) is 3.50. The van der Waals surface area contributed by atoms with Crippen molar-refractivity contribution >= 4 is 11.7 Å². The molecule has 4 rings (SSSR count). The van der Waals surface area contributed by atoms with Crippen LogP contribution < -0.4 is 14.4 Å². The van der Waals surface area contributed by atoms with Crippen molar-refractivity contribution in [3.63, 3.8) is 0 Å². The van der Waals surface area contributed by atoms with E-state index in [-0.39, 0.29) is 5.91 Å². The molecule has 0 saturated carbocycles. The van der Waals surface area contributed by atoms with Crippen LogP contribution in [0.25, 0.3) is 11.3 Å². The molecule has 1 aromatic carbocycles. The number of pyridine rings is 1. The largest absolute Gasteiger partial charge is 0.490 e. The van der Waals surface area contributed by atoms with Crippen LogP contribution in [0.4, 0.5) is 5.82 Å². The van der Waals surface area contributed by atoms with Crippen LogP contribution in [0.1, 0.15) is 24.2 Å². The number of rotatable bonds is 7. The second-order valence-electron chi connectivity index (χ2n) is 7.33. The number of anilines is 1. The lowest BCUT2D eigenvalue weighted by Gasteiger charge is -2.35. The maximum Gasteiger partial charge on any atom is 0.254 e. The van der Waals surface area contributed by atoms with Gasteiger partial charge >= 0.3 is 0 Å². The Kier molecular flexibility index (Phi) is 6.79. The molecule has 0 unspecified atom stereocenters. The molecule has 1 fully saturated rings. The number of hydrogen-bond donors (Lipinski definition) is 0. The van der Waals surface area contributed by atoms with Crippen LogP contribution in [0.5, 0.6) is 11.5 Å². The third kappa shape index (κ3) is 4.80. The number of nitrogens with zero attached hydrogens (tertiary/aromatic N) is 5. The van der Waals surface area contributed by atoms with Crippen LogP contribution in [-0.4, -0.2) is 65.4 Å². The summed E-state index contributed by atoms with van der Waals surface area (Å²) >= 11 is 0. The lowest BCUT2D eigenvalue weighted by molar-refractivity contribution is 0.0746. The molecule has 0 bridgehead atoms. The van der Waals surface area contributed by atoms with Crippen LogP contribution in [0.15, 0.2) is 54.9 Å². The first kappa shape index (κ1) is 21.5. The van der Waals surface area contributed by atoms with Gasteiger partial charge in [0.25, 0.3) is 5.91 Å². The Morgan fingerprint density at radius 3 is 2.38 bits per heavy atom. The van der Waals surface area contributed by atoms with E-state index in [1.54, 1.807) is 30.6 Å². The first-order valence-corrected chi connectivity index (χ1v) is 10.9. The Balaban J connectivity index is 1.39. The fourth-order valence-electron chi connectivity index (χ4n) is 3.67. The van der Waals surface area contributed by atoms with Gasteiger partial charge in [0.2, 0.25) is 0 Å². The van der Waals surface area contributed by atoms with Gasteiger partial charge in [-0.05, 0) is 56.3 Å². The standard InChI is InChI=1S/C24H27N5O3/c1-3-31-21-9-7-18(16-22(21)32-4-2)24(30)29-14-12-28(13-15-29)23-10-8-20(26-27-23)19-6-5-11-25-17-19/h5-11,16-17H,3-4,12-15H2,1-2H3. The molecular formula is C24H27N5O3. The quantitative estimate of drug-likeness (QED) is 0.565. The molecule has 0 radical (unpaired) electrons. The second-order valence-corrected chi connectivity index (χ2v) is 7.33. The summed E-state index contributed by atoms with van der Waals surface area (Å²) in [5, 5.41) is 8.72. The zero-order valence-corrected chi connectivity index (χ0v) is 18.4. The Morgan fingerprint density at radius 2 is 1.72 bits per heavy atom. The summed E-state index contributed by atoms with van der Waals surface area (Å²) < 4.78 is 11.3. The molecule has 2 aromatic heterocycles. The minimum absolute atomic E-state index is 0.00772. The van der Waals surface area contributed by atoms with E-state index in [4.69, 9.17) is 9.47 Å². The van der Waals surface area contributed by atoms with Crippen LogP contribution >= 0.6 is 0 Å². The first-order chi connectivity index (χ1) is 15.7. The molecule has 0 spiro atoms. The Hall–Kier alpha value is -3.68. The minimum Gasteiger partial charge on any atom is -0.490 e. The Bertz CT molecular complexity index is 1040. The van der Waals surface area contributed by atoms with Crippen molar-refractivity contribution in [2.45, 2.75) is 13.8 Å². The Morgan fingerprint density at radius 1 is 0.938 bits per heavy atom. The van der Waals surface area contributed by atoms with Gasteiger partial charge in [-0.25, -0.2) is 0 Å². The fraction of sp³-hybridized carbons (Fsp3) is 0.333. The SMILES string of the molecule is CCOc1ccc(C(=O)N2CCN(c3ccc(-c4cccnc4)nn3)CC2)cc1OCC. The average molecular weight is 434 g/mol. The predicted molar refractivity (Wildman–Crippen MR) is 122 cm³/mol. The van der Waals surface area contributed by atoms with E-state index >= 15 is 0 Å². The highest BCUT2D eigenvalue weighted by atomic mass is 16.5. The van der Waals surface area contributed by atoms with Crippen molar-refractivity contribution in [1.82, 2.24) is 20.1 Å². The summed E-state index contributed by atoms with van der Waals surface area (Å²) in [5.74, 6) is 2.06. The maximum absolute atomic E-state index is 13.0. The number of piperazine rings is 1. The molecule has 0 atom stereocenters. The molecule has 3 aromatic rings. The molecule has 166 valence electrons. The summed E-state index contributed by atoms with van der Waals surface area (Å²) in [7, 11) is 0. The number of carbonyl (C=O) groups excluding carboxylic acids is 1. The summed E-state index contributed by atoms with van der Waals surface area (Å²) in [6, 6.07) is 13.1. The maximum atomic E-state index is 13.0. The number of ether oxygens (including phenoxy) is 2. The van der Waals surface area contributed by atoms with E-state index in [0.29, 0.717) is 56.5 Å². The van der Waals surface area contributed by atoms with E-state index in [1.165, 1.54) is 0 Å². The molecule has 8 nitrogen and oxygen atoms in total. The van der Waals surface area contributed by atoms with Gasteiger partial charge in [0.15, 0.2) is 17.3 Å². The van der Waals surface area contributed by atoms with Crippen molar-refractivity contribution < 1.29 is 14.3 Å². The van der Waals surface area contributed by atoms with Crippen molar-refractivity contribution in [2.24, 2.45) is 0 Å². The topological polar surface area (TPSA) is 80.7 Å². The third-order valence-corrected chi connectivity index (χ3v) is 5.29. The highest BCUT2D eigenvalue weighted by Gasteiger charge is 2.24. The van der Waals surface area contributed by atoms with E-state index in [0.717, 1.165) is 17.1 Å². The van der Waals surface area contributed by atoms with E-state index in [1.807, 2.05) is 43.0 Å². The van der Waals surface area contributed by atoms with Crippen LogP contribution in [0, 0.1) is 0 Å². The van der Waals surface area contributed by atoms with Crippen molar-refractivity contribution in [3.05, 3.63) is 60.4 Å². The number of aromatic nitrogens is 3. The molecule has 1 amide bonds. The number of benzene rings is 1. The molecule has 1 aliphatic heterocycles. The van der Waals surface area contributed by atoms with E-state index in [9.17, 15) is 4.79 Å². The summed E-state index contributed by atoms with van der Waals surface area (Å²) in [5.41, 5.74) is 2.32. The Labute approximate surface area is 187 Å². The van der Waals surface area contributed by atoms with Crippen LogP contribution in [0.3, 0.4) is 0 Å². The van der Waals surface area contributed by atoms with Gasteiger partial charge in [-0.15, -0.1) is 10.2 Å². The second kappa shape index (κ2) is 10.1. The highest BCUT2D eigenvalue weighted by Crippen LogP contribution is 2.29. The third-order valence-electron chi connectivity index (χ3n) is 5.29. The van der Waals surface area contributed by atoms with Crippen LogP contribution in [-0.2, 0) is 0 Å². The van der Waals surface area contributed by atoms with Gasteiger partial charge in [-0.2, -0.15) is 0 Å². The average Bonchev–Trinajstić information content (AvgIpc) is 2.86. The minimum atomic E-state index is -0.00772. The number of carbonyl (C=O) groups is 1. The van der Waals surface area contributed by atoms with E-state index < -0.39 is 0 Å². The normalized spacial score (nSPS) is 13.7. The first-order valence-electron chi connectivity index (χ1n) is 10.9. The van der Waals surface area contributed by atoms with Gasteiger partial charge in [0.05, 0.1) is 18.9 Å². The zero-order chi connectivity index (χ0) is 22.3. The van der Waals surface area contributed by atoms with Crippen LogP contribution in [0.2, 0.25) is 0 Å². The molecule has 1 aliphatic rings. The van der Waals surface area contributed by atoms with Gasteiger partial charge in [-0.3, -0.25) is 9.78 Å². The van der Waals surface area contributed by atoms with Gasteiger partial charge in [0.1, 0.15) is 0 Å². The van der Waals surface area contributed by atoms with Crippen molar-refractivity contribution in [3.8, 4) is 22.8 Å². The molecule has 1 saturated heterocycles. The number of amides is 1. The molecule has 8 heteroatoms. The molecule has 3 heterocycles. The summed E-state index contributed by atoms with van der Waals surface area (Å²) in [4.78, 5) is 21.2. The smallest absolute Gasteiger partial charge is 0.254 e. The molecule has 0 aliphatic carbocycles. The predicted octanol–water partition coefficient (Wildman–Crippen LogP) is 3.30. The lowest BCUT2D eigenvalue weighted by atomic mass is 10.1. The highest BCUT2D eigenvalue weighted by molar-refractivity contribution is 5.95. The fourth-order valence-corrected chi connectivity index (χ4v) is 3.67. The monoisotopic (exact) mass is 433 g/mol. The number of hydrogen-bond acceptors (Lipinski definition) is 7. The zero-order valence-electron chi connectivity index (χ0n) is 18.4. The van der Waals surface area contributed by atoms with E-state index in [2.05, 4.69) is 20.1 Å². The van der Waals surface area contributed by atoms with Gasteiger partial charge < -0.3 is 19.3 Å². The lowest BCUT2D eigenvalue weighted by Crippen LogP contribution is -2.49. The van der Waals surface area contributed by atoms with Gasteiger partial charge in [0, 0.05) is 49.7 Å². The molecule has 32 heavy (non-hydrogen) atoms. The van der Waals surface area contributed by atoms with Crippen molar-refractivity contribution in [1.29, 1.82) is 0 Å². The van der Waals surface area contributed by atoms with Gasteiger partial charge in [-0.1, -0.05) is 0 Å².